The van der Waals surface area contributed by atoms with Crippen molar-refractivity contribution in [1.29, 1.82) is 0 Å². The molecular weight excluding hydrogens is 452 g/mol. The van der Waals surface area contributed by atoms with Gasteiger partial charge in [-0.2, -0.15) is 0 Å². The van der Waals surface area contributed by atoms with Crippen LogP contribution in [0.2, 0.25) is 0 Å². The topological polar surface area (TPSA) is 74.8 Å². The van der Waals surface area contributed by atoms with E-state index in [2.05, 4.69) is 20.8 Å². The van der Waals surface area contributed by atoms with Gasteiger partial charge in [0.2, 0.25) is 0 Å². The molecular formula is C30H30N2O4. The fourth-order valence-electron chi connectivity index (χ4n) is 5.28. The van der Waals surface area contributed by atoms with Gasteiger partial charge in [-0.25, -0.2) is 4.90 Å². The van der Waals surface area contributed by atoms with E-state index in [1.165, 1.54) is 9.80 Å². The van der Waals surface area contributed by atoms with Crippen molar-refractivity contribution in [3.05, 3.63) is 76.3 Å². The van der Waals surface area contributed by atoms with Gasteiger partial charge in [0.1, 0.15) is 0 Å². The first kappa shape index (κ1) is 23.9. The van der Waals surface area contributed by atoms with Crippen LogP contribution in [0.5, 0.6) is 0 Å². The molecule has 0 saturated carbocycles. The summed E-state index contributed by atoms with van der Waals surface area (Å²) in [5.41, 5.74) is 2.21. The molecule has 36 heavy (non-hydrogen) atoms. The normalized spacial score (nSPS) is 15.8. The van der Waals surface area contributed by atoms with E-state index in [0.717, 1.165) is 5.56 Å². The molecule has 6 heteroatoms. The second-order valence-corrected chi connectivity index (χ2v) is 11.0. The minimum atomic E-state index is -0.631. The standard InChI is InChI=1S/C30H30N2O4/c1-7-30(6,8-2)32-27(35)21-15-13-19-23-20(14-16-22(24(21)23)28(32)36)26(34)31(25(19)33)18-11-9-17(10-12-18)29(3,4)5/h9-16H,7-8H2,1-6H3. The van der Waals surface area contributed by atoms with Crippen LogP contribution in [-0.2, 0) is 5.41 Å². The maximum Gasteiger partial charge on any atom is 0.265 e. The monoisotopic (exact) mass is 482 g/mol. The Kier molecular flexibility index (Phi) is 5.22. The molecule has 5 rings (SSSR count). The van der Waals surface area contributed by atoms with Crippen molar-refractivity contribution < 1.29 is 19.2 Å². The molecule has 184 valence electrons. The fourth-order valence-corrected chi connectivity index (χ4v) is 5.28. The van der Waals surface area contributed by atoms with Gasteiger partial charge in [-0.1, -0.05) is 46.8 Å². The van der Waals surface area contributed by atoms with Crippen molar-refractivity contribution in [2.24, 2.45) is 0 Å². The van der Waals surface area contributed by atoms with Crippen molar-refractivity contribution in [3.63, 3.8) is 0 Å². The Balaban J connectivity index is 1.67. The van der Waals surface area contributed by atoms with Gasteiger partial charge in [0.05, 0.1) is 5.69 Å². The highest BCUT2D eigenvalue weighted by molar-refractivity contribution is 6.39. The van der Waals surface area contributed by atoms with Crippen LogP contribution in [0, 0.1) is 0 Å². The van der Waals surface area contributed by atoms with Crippen molar-refractivity contribution in [2.45, 2.75) is 65.3 Å². The van der Waals surface area contributed by atoms with Crippen LogP contribution >= 0.6 is 0 Å². The van der Waals surface area contributed by atoms with Crippen LogP contribution in [0.4, 0.5) is 5.69 Å². The van der Waals surface area contributed by atoms with Gasteiger partial charge in [0.25, 0.3) is 23.6 Å². The number of hydrogen-bond donors (Lipinski definition) is 0. The first-order valence-electron chi connectivity index (χ1n) is 12.4. The average molecular weight is 483 g/mol. The highest BCUT2D eigenvalue weighted by atomic mass is 16.2. The summed E-state index contributed by atoms with van der Waals surface area (Å²) in [6.45, 7) is 12.1. The Labute approximate surface area is 210 Å². The largest absolute Gasteiger partial charge is 0.269 e. The van der Waals surface area contributed by atoms with E-state index in [1.54, 1.807) is 36.4 Å². The van der Waals surface area contributed by atoms with Crippen LogP contribution in [0.25, 0.3) is 10.8 Å². The van der Waals surface area contributed by atoms with Gasteiger partial charge >= 0.3 is 0 Å². The minimum absolute atomic E-state index is 0.0637. The van der Waals surface area contributed by atoms with E-state index in [-0.39, 0.29) is 17.2 Å². The molecule has 2 heterocycles. The molecule has 0 unspecified atom stereocenters. The molecule has 0 spiro atoms. The Hall–Kier alpha value is -3.80. The zero-order valence-corrected chi connectivity index (χ0v) is 21.6. The maximum absolute atomic E-state index is 13.6. The maximum atomic E-state index is 13.6. The fraction of sp³-hybridized carbons (Fsp3) is 0.333. The Bertz CT molecular complexity index is 1400. The van der Waals surface area contributed by atoms with Crippen LogP contribution in [0.1, 0.15) is 101 Å². The Morgan fingerprint density at radius 2 is 0.972 bits per heavy atom. The molecule has 6 nitrogen and oxygen atoms in total. The lowest BCUT2D eigenvalue weighted by Gasteiger charge is -2.41. The molecule has 2 aliphatic heterocycles. The van der Waals surface area contributed by atoms with E-state index >= 15 is 0 Å². The van der Waals surface area contributed by atoms with Gasteiger partial charge < -0.3 is 0 Å². The number of carbonyl (C=O) groups is 4. The summed E-state index contributed by atoms with van der Waals surface area (Å²) in [6, 6.07) is 13.9. The molecule has 2 aliphatic rings. The third-order valence-electron chi connectivity index (χ3n) is 7.95. The lowest BCUT2D eigenvalue weighted by atomic mass is 9.83. The lowest BCUT2D eigenvalue weighted by molar-refractivity contribution is 0.0386. The smallest absolute Gasteiger partial charge is 0.265 e. The van der Waals surface area contributed by atoms with Crippen molar-refractivity contribution in [1.82, 2.24) is 4.90 Å². The van der Waals surface area contributed by atoms with Gasteiger partial charge in [0, 0.05) is 38.6 Å². The van der Waals surface area contributed by atoms with Gasteiger partial charge in [-0.3, -0.25) is 24.1 Å². The number of anilines is 1. The summed E-state index contributed by atoms with van der Waals surface area (Å²) in [6.07, 6.45) is 1.24. The molecule has 0 saturated heterocycles. The number of benzene rings is 3. The molecule has 0 bridgehead atoms. The average Bonchev–Trinajstić information content (AvgIpc) is 2.85. The van der Waals surface area contributed by atoms with Crippen LogP contribution in [0.3, 0.4) is 0 Å². The van der Waals surface area contributed by atoms with E-state index < -0.39 is 17.4 Å². The Morgan fingerprint density at radius 3 is 1.33 bits per heavy atom. The number of imide groups is 2. The summed E-state index contributed by atoms with van der Waals surface area (Å²) in [5, 5.41) is 0.786. The minimum Gasteiger partial charge on any atom is -0.269 e. The first-order chi connectivity index (χ1) is 16.9. The third kappa shape index (κ3) is 3.16. The highest BCUT2D eigenvalue weighted by Crippen LogP contribution is 2.41. The summed E-state index contributed by atoms with van der Waals surface area (Å²) in [7, 11) is 0. The second-order valence-electron chi connectivity index (χ2n) is 11.0. The first-order valence-corrected chi connectivity index (χ1v) is 12.4. The summed E-state index contributed by atoms with van der Waals surface area (Å²) in [5.74, 6) is -1.70. The lowest BCUT2D eigenvalue weighted by Crippen LogP contribution is -2.54. The SMILES string of the molecule is CCC(C)(CC)N1C(=O)c2ccc3c4c(ccc(c24)C1=O)C(=O)N(c1ccc(C(C)(C)C)cc1)C3=O. The van der Waals surface area contributed by atoms with Gasteiger partial charge in [-0.05, 0) is 67.1 Å². The van der Waals surface area contributed by atoms with E-state index in [0.29, 0.717) is 51.6 Å². The number of amides is 4. The van der Waals surface area contributed by atoms with E-state index in [1.807, 2.05) is 32.9 Å². The molecule has 0 aliphatic carbocycles. The number of rotatable bonds is 4. The predicted molar refractivity (Wildman–Crippen MR) is 140 cm³/mol. The molecule has 3 aromatic carbocycles. The number of hydrogen-bond acceptors (Lipinski definition) is 4. The molecule has 0 aromatic heterocycles. The third-order valence-corrected chi connectivity index (χ3v) is 7.95. The zero-order chi connectivity index (χ0) is 26.2. The van der Waals surface area contributed by atoms with Crippen molar-refractivity contribution in [3.8, 4) is 0 Å². The Morgan fingerprint density at radius 1 is 0.583 bits per heavy atom. The van der Waals surface area contributed by atoms with Crippen molar-refractivity contribution >= 4 is 40.1 Å². The summed E-state index contributed by atoms with van der Waals surface area (Å²) < 4.78 is 0. The zero-order valence-electron chi connectivity index (χ0n) is 21.6. The second kappa shape index (κ2) is 7.85. The molecule has 0 fully saturated rings. The van der Waals surface area contributed by atoms with Crippen LogP contribution in [-0.4, -0.2) is 34.1 Å². The number of nitrogens with zero attached hydrogens (tertiary/aromatic N) is 2. The predicted octanol–water partition coefficient (Wildman–Crippen LogP) is 6.11. The van der Waals surface area contributed by atoms with Gasteiger partial charge in [-0.15, -0.1) is 0 Å². The summed E-state index contributed by atoms with van der Waals surface area (Å²) in [4.78, 5) is 57.0. The molecule has 0 atom stereocenters. The summed E-state index contributed by atoms with van der Waals surface area (Å²) >= 11 is 0. The molecule has 3 aromatic rings. The highest BCUT2D eigenvalue weighted by Gasteiger charge is 2.45. The number of carbonyl (C=O) groups excluding carboxylic acids is 4. The van der Waals surface area contributed by atoms with Crippen LogP contribution in [0.15, 0.2) is 48.5 Å². The molecule has 4 amide bonds. The quantitative estimate of drug-likeness (QED) is 0.420. The van der Waals surface area contributed by atoms with Crippen LogP contribution < -0.4 is 4.90 Å². The van der Waals surface area contributed by atoms with E-state index in [9.17, 15) is 19.2 Å². The molecule has 0 N–H and O–H groups in total. The van der Waals surface area contributed by atoms with E-state index in [4.69, 9.17) is 0 Å². The molecule has 0 radical (unpaired) electrons. The van der Waals surface area contributed by atoms with Crippen molar-refractivity contribution in [2.75, 3.05) is 4.90 Å². The van der Waals surface area contributed by atoms with Gasteiger partial charge in [0.15, 0.2) is 0 Å².